The molecule has 0 fully saturated rings. The summed E-state index contributed by atoms with van der Waals surface area (Å²) in [6.07, 6.45) is 1.44. The molecule has 0 saturated carbocycles. The van der Waals surface area contributed by atoms with Gasteiger partial charge in [0.05, 0.1) is 17.5 Å². The quantitative estimate of drug-likeness (QED) is 0.713. The largest absolute Gasteiger partial charge is 0.369 e. The molecule has 2 heterocycles. The summed E-state index contributed by atoms with van der Waals surface area (Å²) >= 11 is 6.05. The molecular weight excluding hydrogens is 438 g/mol. The minimum Gasteiger partial charge on any atom is -0.369 e. The van der Waals surface area contributed by atoms with Gasteiger partial charge in [0, 0.05) is 23.8 Å². The lowest BCUT2D eigenvalue weighted by Gasteiger charge is -2.20. The Hall–Kier alpha value is -2.78. The summed E-state index contributed by atoms with van der Waals surface area (Å²) in [4.78, 5) is 18.4. The summed E-state index contributed by atoms with van der Waals surface area (Å²) in [6, 6.07) is 11.4. The number of rotatable bonds is 5. The molecule has 10 heteroatoms. The van der Waals surface area contributed by atoms with Gasteiger partial charge in [-0.15, -0.1) is 0 Å². The van der Waals surface area contributed by atoms with Gasteiger partial charge in [-0.2, -0.15) is 0 Å². The molecule has 1 atom stereocenters. The lowest BCUT2D eigenvalue weighted by Crippen LogP contribution is -2.39. The van der Waals surface area contributed by atoms with Crippen LogP contribution in [0.5, 0.6) is 0 Å². The number of fused-ring (bicyclic) bond motifs is 1. The van der Waals surface area contributed by atoms with Crippen molar-refractivity contribution in [2.45, 2.75) is 30.7 Å². The predicted octanol–water partition coefficient (Wildman–Crippen LogP) is 2.88. The summed E-state index contributed by atoms with van der Waals surface area (Å²) in [6.45, 7) is 3.20. The van der Waals surface area contributed by atoms with Gasteiger partial charge >= 0.3 is 6.03 Å². The number of hydrogen-bond acceptors (Lipinski definition) is 5. The van der Waals surface area contributed by atoms with Crippen molar-refractivity contribution < 1.29 is 13.2 Å². The van der Waals surface area contributed by atoms with E-state index in [1.807, 2.05) is 13.0 Å². The maximum Gasteiger partial charge on any atom is 0.321 e. The summed E-state index contributed by atoms with van der Waals surface area (Å²) in [5.74, 6) is -0.0500. The summed E-state index contributed by atoms with van der Waals surface area (Å²) < 4.78 is 27.7. The third-order valence-electron chi connectivity index (χ3n) is 5.42. The topological polar surface area (TPSA) is 108 Å². The first-order valence-corrected chi connectivity index (χ1v) is 11.9. The van der Waals surface area contributed by atoms with E-state index in [1.165, 1.54) is 6.07 Å². The molecule has 2 amide bonds. The van der Waals surface area contributed by atoms with Crippen molar-refractivity contribution in [3.05, 3.63) is 58.6 Å². The highest BCUT2D eigenvalue weighted by Crippen LogP contribution is 2.33. The van der Waals surface area contributed by atoms with Crippen LogP contribution < -0.4 is 16.0 Å². The number of carbonyl (C=O) groups is 1. The van der Waals surface area contributed by atoms with E-state index in [0.717, 1.165) is 27.5 Å². The zero-order valence-corrected chi connectivity index (χ0v) is 18.7. The summed E-state index contributed by atoms with van der Waals surface area (Å²) in [5, 5.41) is 3.41. The first kappa shape index (κ1) is 21.5. The number of aliphatic imine (C=N–C) groups is 1. The number of benzene rings is 2. The number of guanidine groups is 1. The number of anilines is 1. The van der Waals surface area contributed by atoms with Gasteiger partial charge in [0.2, 0.25) is 5.96 Å². The van der Waals surface area contributed by atoms with E-state index in [9.17, 15) is 13.2 Å². The molecule has 0 radical (unpaired) electrons. The number of urea groups is 1. The van der Waals surface area contributed by atoms with E-state index in [1.54, 1.807) is 35.2 Å². The molecule has 4 rings (SSSR count). The van der Waals surface area contributed by atoms with Crippen LogP contribution >= 0.6 is 11.6 Å². The molecule has 0 saturated heterocycles. The van der Waals surface area contributed by atoms with E-state index in [-0.39, 0.29) is 23.4 Å². The van der Waals surface area contributed by atoms with Crippen molar-refractivity contribution in [3.63, 3.8) is 0 Å². The van der Waals surface area contributed by atoms with E-state index in [4.69, 9.17) is 17.3 Å². The van der Waals surface area contributed by atoms with E-state index in [2.05, 4.69) is 10.3 Å². The molecule has 2 aliphatic heterocycles. The minimum absolute atomic E-state index is 0.0500. The van der Waals surface area contributed by atoms with Gasteiger partial charge in [-0.25, -0.2) is 22.5 Å². The second kappa shape index (κ2) is 8.39. The summed E-state index contributed by atoms with van der Waals surface area (Å²) in [7, 11) is -3.89. The zero-order valence-electron chi connectivity index (χ0n) is 17.1. The fraction of sp³-hybridized carbons (Fsp3) is 0.333. The van der Waals surface area contributed by atoms with Crippen LogP contribution in [0.2, 0.25) is 5.02 Å². The fourth-order valence-corrected chi connectivity index (χ4v) is 5.45. The van der Waals surface area contributed by atoms with Gasteiger partial charge in [0.1, 0.15) is 0 Å². The molecule has 2 aromatic carbocycles. The van der Waals surface area contributed by atoms with Crippen LogP contribution in [0.1, 0.15) is 30.5 Å². The first-order chi connectivity index (χ1) is 14.8. The number of carbonyl (C=O) groups excluding carboxylic acids is 1. The first-order valence-electron chi connectivity index (χ1n) is 10.1. The van der Waals surface area contributed by atoms with Crippen LogP contribution in [0, 0.1) is 0 Å². The molecule has 3 N–H and O–H groups in total. The van der Waals surface area contributed by atoms with Gasteiger partial charge in [0.25, 0.3) is 10.0 Å². The zero-order chi connectivity index (χ0) is 22.2. The normalized spacial score (nSPS) is 18.1. The van der Waals surface area contributed by atoms with E-state index >= 15 is 0 Å². The second-order valence-electron chi connectivity index (χ2n) is 7.52. The average molecular weight is 462 g/mol. The van der Waals surface area contributed by atoms with E-state index in [0.29, 0.717) is 24.5 Å². The SMILES string of the molecule is CCCNC(=O)N1CCc2cc(S(=O)(=O)N3C[C@H](c4cccc(Cl)c4)N=C3N)ccc21. The number of amides is 2. The number of halogens is 1. The summed E-state index contributed by atoms with van der Waals surface area (Å²) in [5.41, 5.74) is 8.34. The van der Waals surface area contributed by atoms with Crippen molar-refractivity contribution in [1.82, 2.24) is 9.62 Å². The Morgan fingerprint density at radius 2 is 2.10 bits per heavy atom. The van der Waals surface area contributed by atoms with Crippen LogP contribution in [0.25, 0.3) is 0 Å². The molecule has 0 unspecified atom stereocenters. The number of nitrogens with zero attached hydrogens (tertiary/aromatic N) is 3. The Balaban J connectivity index is 1.56. The van der Waals surface area contributed by atoms with Crippen molar-refractivity contribution >= 4 is 39.3 Å². The second-order valence-corrected chi connectivity index (χ2v) is 9.82. The molecule has 0 aliphatic carbocycles. The van der Waals surface area contributed by atoms with Crippen LogP contribution in [0.15, 0.2) is 52.4 Å². The predicted molar refractivity (Wildman–Crippen MR) is 121 cm³/mol. The van der Waals surface area contributed by atoms with Gasteiger partial charge < -0.3 is 11.1 Å². The lowest BCUT2D eigenvalue weighted by atomic mass is 10.1. The van der Waals surface area contributed by atoms with Crippen molar-refractivity contribution in [2.24, 2.45) is 10.7 Å². The van der Waals surface area contributed by atoms with Gasteiger partial charge in [-0.05, 0) is 54.3 Å². The molecule has 0 bridgehead atoms. The smallest absolute Gasteiger partial charge is 0.321 e. The average Bonchev–Trinajstić information content (AvgIpc) is 3.35. The van der Waals surface area contributed by atoms with Gasteiger partial charge in [0.15, 0.2) is 0 Å². The molecule has 8 nitrogen and oxygen atoms in total. The Morgan fingerprint density at radius 1 is 1.29 bits per heavy atom. The van der Waals surface area contributed by atoms with Crippen LogP contribution in [0.4, 0.5) is 10.5 Å². The molecule has 164 valence electrons. The number of hydrogen-bond donors (Lipinski definition) is 2. The highest BCUT2D eigenvalue weighted by Gasteiger charge is 2.35. The Bertz CT molecular complexity index is 1150. The molecule has 0 aromatic heterocycles. The van der Waals surface area contributed by atoms with Crippen LogP contribution in [-0.4, -0.2) is 44.3 Å². The highest BCUT2D eigenvalue weighted by atomic mass is 35.5. The highest BCUT2D eigenvalue weighted by molar-refractivity contribution is 7.89. The molecule has 2 aliphatic rings. The van der Waals surface area contributed by atoms with Gasteiger partial charge in [-0.1, -0.05) is 30.7 Å². The molecule has 2 aromatic rings. The Kier molecular flexibility index (Phi) is 5.81. The molecular formula is C21H24ClN5O3S. The van der Waals surface area contributed by atoms with E-state index < -0.39 is 16.1 Å². The monoisotopic (exact) mass is 461 g/mol. The third-order valence-corrected chi connectivity index (χ3v) is 7.42. The standard InChI is InChI=1S/C21H24ClN5O3S/c1-2-9-24-21(28)26-10-8-15-12-17(6-7-19(15)26)31(29,30)27-13-18(25-20(27)23)14-4-3-5-16(22)11-14/h3-7,11-12,18H,2,8-10,13H2,1H3,(H2,23,25)(H,24,28)/t18-/m1/s1. The molecule has 0 spiro atoms. The number of nitrogens with two attached hydrogens (primary N) is 1. The lowest BCUT2D eigenvalue weighted by molar-refractivity contribution is 0.247. The fourth-order valence-electron chi connectivity index (χ4n) is 3.83. The maximum atomic E-state index is 13.3. The number of sulfonamides is 1. The van der Waals surface area contributed by atoms with Crippen LogP contribution in [0.3, 0.4) is 0 Å². The van der Waals surface area contributed by atoms with Crippen LogP contribution in [-0.2, 0) is 16.4 Å². The van der Waals surface area contributed by atoms with Crippen molar-refractivity contribution in [1.29, 1.82) is 0 Å². The van der Waals surface area contributed by atoms with Crippen molar-refractivity contribution in [3.8, 4) is 0 Å². The Labute approximate surface area is 186 Å². The van der Waals surface area contributed by atoms with Gasteiger partial charge in [-0.3, -0.25) is 4.90 Å². The minimum atomic E-state index is -3.89. The Morgan fingerprint density at radius 3 is 2.84 bits per heavy atom. The maximum absolute atomic E-state index is 13.3. The van der Waals surface area contributed by atoms with Crippen molar-refractivity contribution in [2.75, 3.05) is 24.5 Å². The number of nitrogens with one attached hydrogen (secondary N) is 1. The third kappa shape index (κ3) is 4.07. The molecule has 31 heavy (non-hydrogen) atoms.